The molecule has 1 fully saturated rings. The normalized spacial score (nSPS) is 31.9. The van der Waals surface area contributed by atoms with Crippen molar-refractivity contribution in [2.75, 3.05) is 0 Å². The minimum absolute atomic E-state index is 0.122. The molecule has 5 heteroatoms. The summed E-state index contributed by atoms with van der Waals surface area (Å²) in [5.41, 5.74) is 0. The average molecular weight is 243 g/mol. The summed E-state index contributed by atoms with van der Waals surface area (Å²) in [6.45, 7) is 6.48. The van der Waals surface area contributed by atoms with Crippen molar-refractivity contribution >= 4 is 11.6 Å². The molecule has 4 nitrogen and oxygen atoms in total. The predicted molar refractivity (Wildman–Crippen MR) is 63.3 cm³/mol. The molecular weight excluding hydrogens is 224 g/mol. The summed E-state index contributed by atoms with van der Waals surface area (Å²) in [6, 6.07) is 0.427. The van der Waals surface area contributed by atoms with Crippen molar-refractivity contribution in [1.82, 2.24) is 20.2 Å². The zero-order valence-corrected chi connectivity index (χ0v) is 10.9. The van der Waals surface area contributed by atoms with Gasteiger partial charge in [0.2, 0.25) is 0 Å². The van der Waals surface area contributed by atoms with Crippen molar-refractivity contribution in [3.05, 3.63) is 5.82 Å². The van der Waals surface area contributed by atoms with Crippen LogP contribution < -0.4 is 0 Å². The largest absolute Gasteiger partial charge is 0.225 e. The van der Waals surface area contributed by atoms with Crippen molar-refractivity contribution in [2.24, 2.45) is 11.8 Å². The van der Waals surface area contributed by atoms with Gasteiger partial charge in [0.15, 0.2) is 5.82 Å². The quantitative estimate of drug-likeness (QED) is 0.766. The lowest BCUT2D eigenvalue weighted by Gasteiger charge is -2.20. The van der Waals surface area contributed by atoms with E-state index in [9.17, 15) is 0 Å². The van der Waals surface area contributed by atoms with Gasteiger partial charge < -0.3 is 0 Å². The van der Waals surface area contributed by atoms with Crippen molar-refractivity contribution < 1.29 is 0 Å². The molecule has 1 aromatic heterocycles. The standard InChI is InChI=1S/C11H19ClN4/c1-4-9-5-6-10(7(9)2)16-11(8(3)12)13-14-15-16/h7-10H,4-6H2,1-3H3. The smallest absolute Gasteiger partial charge is 0.169 e. The lowest BCUT2D eigenvalue weighted by atomic mass is 9.93. The molecule has 90 valence electrons. The lowest BCUT2D eigenvalue weighted by Crippen LogP contribution is -2.19. The second-order valence-corrected chi connectivity index (χ2v) is 5.42. The number of aromatic nitrogens is 4. The Balaban J connectivity index is 2.22. The Morgan fingerprint density at radius 1 is 1.50 bits per heavy atom. The van der Waals surface area contributed by atoms with Crippen LogP contribution in [0.5, 0.6) is 0 Å². The summed E-state index contributed by atoms with van der Waals surface area (Å²) in [7, 11) is 0. The molecule has 1 aromatic rings. The fourth-order valence-electron chi connectivity index (χ4n) is 2.84. The van der Waals surface area contributed by atoms with Gasteiger partial charge in [0.1, 0.15) is 0 Å². The first-order chi connectivity index (χ1) is 7.65. The van der Waals surface area contributed by atoms with E-state index in [4.69, 9.17) is 11.6 Å². The Kier molecular flexibility index (Phi) is 3.47. The van der Waals surface area contributed by atoms with E-state index in [1.165, 1.54) is 19.3 Å². The molecule has 0 bridgehead atoms. The van der Waals surface area contributed by atoms with Gasteiger partial charge in [0.25, 0.3) is 0 Å². The van der Waals surface area contributed by atoms with Crippen LogP contribution in [0.25, 0.3) is 0 Å². The molecule has 0 aliphatic heterocycles. The number of nitrogens with zero attached hydrogens (tertiary/aromatic N) is 4. The molecule has 0 N–H and O–H groups in total. The summed E-state index contributed by atoms with van der Waals surface area (Å²) in [5.74, 6) is 2.24. The van der Waals surface area contributed by atoms with Crippen LogP contribution in [0.15, 0.2) is 0 Å². The van der Waals surface area contributed by atoms with Crippen molar-refractivity contribution in [1.29, 1.82) is 0 Å². The maximum absolute atomic E-state index is 6.08. The van der Waals surface area contributed by atoms with Crippen LogP contribution >= 0.6 is 11.6 Å². The monoisotopic (exact) mass is 242 g/mol. The molecule has 0 saturated heterocycles. The SMILES string of the molecule is CCC1CCC(n2nnnc2C(C)Cl)C1C. The Morgan fingerprint density at radius 3 is 2.81 bits per heavy atom. The molecule has 16 heavy (non-hydrogen) atoms. The van der Waals surface area contributed by atoms with Crippen LogP contribution in [-0.2, 0) is 0 Å². The van der Waals surface area contributed by atoms with Crippen LogP contribution in [0.1, 0.15) is 57.3 Å². The first-order valence-electron chi connectivity index (χ1n) is 6.07. The molecule has 1 heterocycles. The van der Waals surface area contributed by atoms with Crippen LogP contribution in [0.2, 0.25) is 0 Å². The Labute approximate surface area is 101 Å². The van der Waals surface area contributed by atoms with Crippen molar-refractivity contribution in [3.8, 4) is 0 Å². The number of rotatable bonds is 3. The third-order valence-electron chi connectivity index (χ3n) is 3.90. The van der Waals surface area contributed by atoms with Gasteiger partial charge in [-0.1, -0.05) is 20.3 Å². The first kappa shape index (κ1) is 11.8. The maximum atomic E-state index is 6.08. The molecule has 1 aliphatic carbocycles. The predicted octanol–water partition coefficient (Wildman–Crippen LogP) is 2.97. The molecule has 1 saturated carbocycles. The number of tetrazole rings is 1. The van der Waals surface area contributed by atoms with Gasteiger partial charge >= 0.3 is 0 Å². The minimum atomic E-state index is -0.122. The van der Waals surface area contributed by atoms with Crippen LogP contribution in [0.4, 0.5) is 0 Å². The summed E-state index contributed by atoms with van der Waals surface area (Å²) in [6.07, 6.45) is 3.69. The molecule has 4 atom stereocenters. The topological polar surface area (TPSA) is 43.6 Å². The first-order valence-corrected chi connectivity index (χ1v) is 6.50. The lowest BCUT2D eigenvalue weighted by molar-refractivity contribution is 0.302. The van der Waals surface area contributed by atoms with Gasteiger partial charge in [-0.05, 0) is 42.0 Å². The molecule has 4 unspecified atom stereocenters. The molecular formula is C11H19ClN4. The van der Waals surface area contributed by atoms with Crippen LogP contribution in [-0.4, -0.2) is 20.2 Å². The number of hydrogen-bond donors (Lipinski definition) is 0. The zero-order valence-electron chi connectivity index (χ0n) is 10.1. The molecule has 2 rings (SSSR count). The molecule has 0 spiro atoms. The highest BCUT2D eigenvalue weighted by molar-refractivity contribution is 6.20. The van der Waals surface area contributed by atoms with Gasteiger partial charge in [0, 0.05) is 0 Å². The Morgan fingerprint density at radius 2 is 2.25 bits per heavy atom. The minimum Gasteiger partial charge on any atom is -0.225 e. The van der Waals surface area contributed by atoms with Gasteiger partial charge in [-0.2, -0.15) is 0 Å². The van der Waals surface area contributed by atoms with E-state index in [0.29, 0.717) is 12.0 Å². The fourth-order valence-corrected chi connectivity index (χ4v) is 2.99. The maximum Gasteiger partial charge on any atom is 0.169 e. The molecule has 1 aliphatic rings. The summed E-state index contributed by atoms with van der Waals surface area (Å²) in [4.78, 5) is 0. The second-order valence-electron chi connectivity index (χ2n) is 4.77. The molecule has 0 amide bonds. The van der Waals surface area contributed by atoms with E-state index in [1.807, 2.05) is 11.6 Å². The Bertz CT molecular complexity index is 350. The van der Waals surface area contributed by atoms with Gasteiger partial charge in [-0.25, -0.2) is 4.68 Å². The van der Waals surface area contributed by atoms with Crippen LogP contribution in [0.3, 0.4) is 0 Å². The van der Waals surface area contributed by atoms with Gasteiger partial charge in [-0.15, -0.1) is 16.7 Å². The Hall–Kier alpha value is -0.640. The zero-order chi connectivity index (χ0) is 11.7. The highest BCUT2D eigenvalue weighted by Crippen LogP contribution is 2.42. The molecule has 0 aromatic carbocycles. The van der Waals surface area contributed by atoms with Crippen LogP contribution in [0, 0.1) is 11.8 Å². The van der Waals surface area contributed by atoms with E-state index in [2.05, 4.69) is 29.4 Å². The summed E-state index contributed by atoms with van der Waals surface area (Å²) >= 11 is 6.08. The van der Waals surface area contributed by atoms with E-state index >= 15 is 0 Å². The summed E-state index contributed by atoms with van der Waals surface area (Å²) in [5, 5.41) is 11.8. The van der Waals surface area contributed by atoms with E-state index in [1.54, 1.807) is 0 Å². The van der Waals surface area contributed by atoms with Gasteiger partial charge in [0.05, 0.1) is 11.4 Å². The number of halogens is 1. The van der Waals surface area contributed by atoms with Crippen molar-refractivity contribution in [2.45, 2.75) is 51.5 Å². The highest BCUT2D eigenvalue weighted by Gasteiger charge is 2.35. The van der Waals surface area contributed by atoms with Gasteiger partial charge in [-0.3, -0.25) is 0 Å². The number of alkyl halides is 1. The van der Waals surface area contributed by atoms with E-state index in [-0.39, 0.29) is 5.38 Å². The second kappa shape index (κ2) is 4.70. The average Bonchev–Trinajstić information content (AvgIpc) is 2.83. The molecule has 0 radical (unpaired) electrons. The third kappa shape index (κ3) is 1.95. The summed E-state index contributed by atoms with van der Waals surface area (Å²) < 4.78 is 1.94. The fraction of sp³-hybridized carbons (Fsp3) is 0.909. The van der Waals surface area contributed by atoms with E-state index in [0.717, 1.165) is 11.7 Å². The van der Waals surface area contributed by atoms with Crippen molar-refractivity contribution in [3.63, 3.8) is 0 Å². The third-order valence-corrected chi connectivity index (χ3v) is 4.09. The highest BCUT2D eigenvalue weighted by atomic mass is 35.5. The van der Waals surface area contributed by atoms with E-state index < -0.39 is 0 Å². The number of hydrogen-bond acceptors (Lipinski definition) is 3.